The monoisotopic (exact) mass is 486 g/mol. The molecule has 0 bridgehead atoms. The summed E-state index contributed by atoms with van der Waals surface area (Å²) in [5, 5.41) is 13.8. The van der Waals surface area contributed by atoms with Crippen LogP contribution in [0.1, 0.15) is 18.0 Å². The predicted molar refractivity (Wildman–Crippen MR) is 141 cm³/mol. The molecule has 0 saturated heterocycles. The third kappa shape index (κ3) is 6.06. The Hall–Kier alpha value is -4.14. The van der Waals surface area contributed by atoms with E-state index < -0.39 is 21.7 Å². The van der Waals surface area contributed by atoms with Gasteiger partial charge in [-0.1, -0.05) is 54.6 Å². The number of nitrogens with one attached hydrogen (secondary N) is 2. The van der Waals surface area contributed by atoms with E-state index in [-0.39, 0.29) is 17.1 Å². The average molecular weight is 487 g/mol. The van der Waals surface area contributed by atoms with Gasteiger partial charge in [-0.2, -0.15) is 0 Å². The first-order chi connectivity index (χ1) is 16.8. The van der Waals surface area contributed by atoms with Crippen molar-refractivity contribution in [2.45, 2.75) is 17.4 Å². The number of nitrogens with two attached hydrogens (primary N) is 1. The highest BCUT2D eigenvalue weighted by atomic mass is 32.2. The number of carbonyl (C=O) groups excluding carboxylic acids is 1. The molecule has 1 aromatic heterocycles. The summed E-state index contributed by atoms with van der Waals surface area (Å²) in [7, 11) is -3.21. The van der Waals surface area contributed by atoms with E-state index in [1.807, 2.05) is 72.8 Å². The largest absolute Gasteiger partial charge is 0.507 e. The fraction of sp³-hybridized carbons (Fsp3) is 0.0741. The molecule has 1 amide bonds. The third-order valence-corrected chi connectivity index (χ3v) is 7.09. The molecule has 0 aliphatic heterocycles. The summed E-state index contributed by atoms with van der Waals surface area (Å²) in [5.74, 6) is 3.87. The van der Waals surface area contributed by atoms with E-state index >= 15 is 0 Å². The molecule has 8 heteroatoms. The van der Waals surface area contributed by atoms with E-state index in [1.165, 1.54) is 6.07 Å². The van der Waals surface area contributed by atoms with Crippen LogP contribution in [0.15, 0.2) is 102 Å². The molecule has 0 aliphatic carbocycles. The molecular formula is C27H26N4O3S. The van der Waals surface area contributed by atoms with Crippen LogP contribution in [-0.4, -0.2) is 26.1 Å². The van der Waals surface area contributed by atoms with Gasteiger partial charge in [-0.3, -0.25) is 4.79 Å². The van der Waals surface area contributed by atoms with Crippen LogP contribution < -0.4 is 15.8 Å². The lowest BCUT2D eigenvalue weighted by atomic mass is 10.0. The number of amides is 1. The van der Waals surface area contributed by atoms with E-state index in [9.17, 15) is 14.1 Å². The van der Waals surface area contributed by atoms with Gasteiger partial charge >= 0.3 is 0 Å². The molecule has 35 heavy (non-hydrogen) atoms. The highest BCUT2D eigenvalue weighted by molar-refractivity contribution is 7.98. The Labute approximate surface area is 204 Å². The standard InChI is InChI=1S/C27H26N4O3S/c1-35(34,31-23(18-26(28)33)19-8-3-2-4-9-19)25-17-21(13-14-24(25)32)20-10-7-11-22(16-20)30-27-12-5-6-15-29-27/h2-17,23,32H,1,18H2,(H2,28,33)(H,29,30)(H,31,34). The summed E-state index contributed by atoms with van der Waals surface area (Å²) in [6.45, 7) is 0. The Morgan fingerprint density at radius 3 is 2.43 bits per heavy atom. The number of rotatable bonds is 9. The maximum Gasteiger partial charge on any atom is 0.219 e. The first-order valence-corrected chi connectivity index (χ1v) is 12.6. The van der Waals surface area contributed by atoms with Crippen LogP contribution in [0, 0.1) is 0 Å². The molecule has 3 aromatic carbocycles. The second-order valence-corrected chi connectivity index (χ2v) is 10.1. The van der Waals surface area contributed by atoms with E-state index in [4.69, 9.17) is 5.73 Å². The third-order valence-electron chi connectivity index (χ3n) is 5.39. The highest BCUT2D eigenvalue weighted by Gasteiger charge is 2.22. The Balaban J connectivity index is 1.65. The molecule has 0 aliphatic rings. The summed E-state index contributed by atoms with van der Waals surface area (Å²) in [6, 6.07) is 26.6. The van der Waals surface area contributed by atoms with Crippen LogP contribution in [0.3, 0.4) is 0 Å². The smallest absolute Gasteiger partial charge is 0.219 e. The van der Waals surface area contributed by atoms with Crippen molar-refractivity contribution in [2.24, 2.45) is 5.73 Å². The predicted octanol–water partition coefficient (Wildman–Crippen LogP) is 4.39. The van der Waals surface area contributed by atoms with Crippen molar-refractivity contribution in [3.63, 3.8) is 0 Å². The van der Waals surface area contributed by atoms with Crippen LogP contribution in [-0.2, 0) is 14.5 Å². The van der Waals surface area contributed by atoms with Crippen molar-refractivity contribution in [1.29, 1.82) is 0 Å². The number of nitrogens with zero attached hydrogens (tertiary/aromatic N) is 1. The average Bonchev–Trinajstić information content (AvgIpc) is 2.85. The maximum atomic E-state index is 13.7. The van der Waals surface area contributed by atoms with Crippen LogP contribution >= 0.6 is 0 Å². The minimum atomic E-state index is -3.21. The van der Waals surface area contributed by atoms with Crippen molar-refractivity contribution in [2.75, 3.05) is 5.32 Å². The van der Waals surface area contributed by atoms with Gasteiger partial charge in [-0.15, -0.1) is 0 Å². The van der Waals surface area contributed by atoms with Gasteiger partial charge in [0.15, 0.2) is 0 Å². The minimum absolute atomic E-state index is 0.0712. The summed E-state index contributed by atoms with van der Waals surface area (Å²) in [6.07, 6.45) is 1.63. The zero-order valence-corrected chi connectivity index (χ0v) is 19.7. The fourth-order valence-corrected chi connectivity index (χ4v) is 5.26. The van der Waals surface area contributed by atoms with Crippen LogP contribution in [0.4, 0.5) is 11.5 Å². The lowest BCUT2D eigenvalue weighted by Gasteiger charge is -2.22. The summed E-state index contributed by atoms with van der Waals surface area (Å²) in [4.78, 5) is 16.1. The van der Waals surface area contributed by atoms with Crippen molar-refractivity contribution in [1.82, 2.24) is 9.71 Å². The minimum Gasteiger partial charge on any atom is -0.507 e. The van der Waals surface area contributed by atoms with Gasteiger partial charge in [0, 0.05) is 18.3 Å². The molecule has 1 heterocycles. The second-order valence-electron chi connectivity index (χ2n) is 8.03. The lowest BCUT2D eigenvalue weighted by molar-refractivity contribution is -0.118. The number of primary amides is 1. The van der Waals surface area contributed by atoms with E-state index in [2.05, 4.69) is 20.9 Å². The van der Waals surface area contributed by atoms with Gasteiger partial charge in [0.2, 0.25) is 5.91 Å². The van der Waals surface area contributed by atoms with Gasteiger partial charge in [0.05, 0.1) is 20.6 Å². The number of phenolic OH excluding ortho intramolecular Hbond substituents is 1. The van der Waals surface area contributed by atoms with E-state index in [0.717, 1.165) is 22.4 Å². The number of phenols is 1. The normalized spacial score (nSPS) is 13.5. The van der Waals surface area contributed by atoms with Gasteiger partial charge in [0.1, 0.15) is 11.6 Å². The van der Waals surface area contributed by atoms with Crippen molar-refractivity contribution < 1.29 is 14.1 Å². The SMILES string of the molecule is C=S(=O)(NC(CC(N)=O)c1ccccc1)c1cc(-c2cccc(Nc3ccccn3)c2)ccc1O. The molecule has 2 atom stereocenters. The molecule has 4 aromatic rings. The maximum absolute atomic E-state index is 13.7. The van der Waals surface area contributed by atoms with Crippen molar-refractivity contribution >= 4 is 33.0 Å². The van der Waals surface area contributed by atoms with Gasteiger partial charge in [-0.25, -0.2) is 13.9 Å². The zero-order valence-electron chi connectivity index (χ0n) is 18.9. The number of aromatic hydroxyl groups is 1. The summed E-state index contributed by atoms with van der Waals surface area (Å²) in [5.41, 5.74) is 8.60. The molecule has 178 valence electrons. The summed E-state index contributed by atoms with van der Waals surface area (Å²) >= 11 is 0. The first kappa shape index (κ1) is 24.0. The molecule has 2 unspecified atom stereocenters. The molecule has 0 fully saturated rings. The highest BCUT2D eigenvalue weighted by Crippen LogP contribution is 2.32. The number of hydrogen-bond donors (Lipinski definition) is 4. The number of hydrogen-bond acceptors (Lipinski definition) is 5. The Morgan fingerprint density at radius 1 is 0.971 bits per heavy atom. The molecule has 0 spiro atoms. The van der Waals surface area contributed by atoms with Crippen molar-refractivity contribution in [3.05, 3.63) is 103 Å². The molecule has 5 N–H and O–H groups in total. The fourth-order valence-electron chi connectivity index (χ4n) is 3.73. The van der Waals surface area contributed by atoms with Crippen LogP contribution in [0.2, 0.25) is 0 Å². The van der Waals surface area contributed by atoms with E-state index in [1.54, 1.807) is 18.3 Å². The zero-order chi connectivity index (χ0) is 24.8. The van der Waals surface area contributed by atoms with Crippen LogP contribution in [0.25, 0.3) is 11.1 Å². The Bertz CT molecular complexity index is 1430. The van der Waals surface area contributed by atoms with Crippen molar-refractivity contribution in [3.8, 4) is 16.9 Å². The quantitative estimate of drug-likeness (QED) is 0.262. The number of pyridine rings is 1. The Morgan fingerprint density at radius 2 is 1.71 bits per heavy atom. The first-order valence-electron chi connectivity index (χ1n) is 10.9. The number of benzene rings is 3. The summed E-state index contributed by atoms with van der Waals surface area (Å²) < 4.78 is 16.7. The Kier molecular flexibility index (Phi) is 7.14. The van der Waals surface area contributed by atoms with Crippen LogP contribution in [0.5, 0.6) is 5.75 Å². The molecular weight excluding hydrogens is 460 g/mol. The van der Waals surface area contributed by atoms with E-state index in [0.29, 0.717) is 5.82 Å². The van der Waals surface area contributed by atoms with Gasteiger partial charge < -0.3 is 16.2 Å². The molecule has 0 radical (unpaired) electrons. The molecule has 4 rings (SSSR count). The van der Waals surface area contributed by atoms with Gasteiger partial charge in [0.25, 0.3) is 0 Å². The molecule has 7 nitrogen and oxygen atoms in total. The number of carbonyl (C=O) groups is 1. The lowest BCUT2D eigenvalue weighted by Crippen LogP contribution is -2.31. The van der Waals surface area contributed by atoms with Gasteiger partial charge in [-0.05, 0) is 59.0 Å². The second kappa shape index (κ2) is 10.4. The molecule has 0 saturated carbocycles. The number of anilines is 2. The number of aromatic nitrogens is 1. The topological polar surface area (TPSA) is 117 Å².